The number of carbonyl (C=O) groups is 1. The van der Waals surface area contributed by atoms with Crippen molar-refractivity contribution in [3.05, 3.63) is 69.0 Å². The van der Waals surface area contributed by atoms with Gasteiger partial charge >= 0.3 is 19.4 Å². The summed E-state index contributed by atoms with van der Waals surface area (Å²) < 4.78 is 36.1. The monoisotopic (exact) mass is 479 g/mol. The molecule has 176 valence electrons. The Labute approximate surface area is 187 Å². The van der Waals surface area contributed by atoms with Crippen molar-refractivity contribution in [2.24, 2.45) is 5.41 Å². The normalized spacial score (nSPS) is 35.3. The molecule has 33 heavy (non-hydrogen) atoms. The maximum atomic E-state index is 13.0. The van der Waals surface area contributed by atoms with E-state index in [1.807, 2.05) is 30.3 Å². The van der Waals surface area contributed by atoms with Gasteiger partial charge < -0.3 is 14.6 Å². The van der Waals surface area contributed by atoms with Gasteiger partial charge in [-0.15, -0.1) is 0 Å². The highest BCUT2D eigenvalue weighted by Gasteiger charge is 2.81. The van der Waals surface area contributed by atoms with Gasteiger partial charge in [0.1, 0.15) is 31.0 Å². The molecule has 0 bridgehead atoms. The summed E-state index contributed by atoms with van der Waals surface area (Å²) in [7, 11) is -3.89. The molecule has 1 aromatic carbocycles. The van der Waals surface area contributed by atoms with Crippen LogP contribution in [0.3, 0.4) is 0 Å². The van der Waals surface area contributed by atoms with Crippen molar-refractivity contribution in [2.75, 3.05) is 6.61 Å². The van der Waals surface area contributed by atoms with E-state index in [-0.39, 0.29) is 13.2 Å². The van der Waals surface area contributed by atoms with Crippen molar-refractivity contribution in [1.82, 2.24) is 14.6 Å². The summed E-state index contributed by atoms with van der Waals surface area (Å²) in [5, 5.41) is 13.4. The Kier molecular flexibility index (Phi) is 5.39. The van der Waals surface area contributed by atoms with Crippen LogP contribution in [0.4, 0.5) is 0 Å². The summed E-state index contributed by atoms with van der Waals surface area (Å²) in [6.07, 6.45) is -2.46. The molecule has 7 atom stereocenters. The average molecular weight is 479 g/mol. The number of H-pyrrole nitrogens is 1. The second-order valence-corrected chi connectivity index (χ2v) is 9.99. The molecule has 3 aliphatic rings. The molecule has 2 aromatic rings. The summed E-state index contributed by atoms with van der Waals surface area (Å²) in [5.41, 5.74) is -1.50. The molecule has 3 N–H and O–H groups in total. The molecule has 3 heterocycles. The van der Waals surface area contributed by atoms with E-state index in [2.05, 4.69) is 10.1 Å². The lowest BCUT2D eigenvalue weighted by Gasteiger charge is -2.33. The standard InChI is InChI=1S/C20H22N3O9P/c1-11(18(26)29-9-12-5-3-2-4-6-12)22-33(28)30-10-20-14(25)17(31-15(20)16(20)32-33)23-8-7-13(24)21-19(23)27/h2-8,11,14-17,25H,9-10H2,1H3,(H,22,28)(H,21,24,27)/t11-,14-,15+,16?,17+,20+,33?/m0/s1. The predicted octanol–water partition coefficient (Wildman–Crippen LogP) is 0.0399. The Morgan fingerprint density at radius 2 is 2.09 bits per heavy atom. The molecule has 1 saturated carbocycles. The van der Waals surface area contributed by atoms with E-state index in [9.17, 15) is 24.1 Å². The Morgan fingerprint density at radius 1 is 1.33 bits per heavy atom. The molecule has 0 amide bonds. The van der Waals surface area contributed by atoms with Crippen molar-refractivity contribution >= 4 is 13.7 Å². The van der Waals surface area contributed by atoms with Crippen molar-refractivity contribution in [2.45, 2.75) is 44.1 Å². The number of nitrogens with zero attached hydrogens (tertiary/aromatic N) is 1. The minimum Gasteiger partial charge on any atom is -0.460 e. The van der Waals surface area contributed by atoms with Gasteiger partial charge in [0.25, 0.3) is 5.56 Å². The van der Waals surface area contributed by atoms with Crippen LogP contribution >= 0.6 is 7.75 Å². The van der Waals surface area contributed by atoms with Gasteiger partial charge in [0.15, 0.2) is 6.23 Å². The highest BCUT2D eigenvalue weighted by atomic mass is 31.2. The molecule has 3 fully saturated rings. The lowest BCUT2D eigenvalue weighted by atomic mass is 9.99. The van der Waals surface area contributed by atoms with E-state index in [0.29, 0.717) is 0 Å². The van der Waals surface area contributed by atoms with Gasteiger partial charge in [-0.3, -0.25) is 28.2 Å². The fourth-order valence-corrected chi connectivity index (χ4v) is 6.02. The third-order valence-electron chi connectivity index (χ3n) is 6.12. The molecule has 1 aliphatic carbocycles. The number of nitrogens with one attached hydrogen (secondary N) is 2. The third kappa shape index (κ3) is 3.78. The van der Waals surface area contributed by atoms with Crippen LogP contribution in [0.25, 0.3) is 0 Å². The minimum absolute atomic E-state index is 0.0665. The number of esters is 1. The molecular formula is C20H22N3O9P. The lowest BCUT2D eigenvalue weighted by molar-refractivity contribution is -0.146. The van der Waals surface area contributed by atoms with Crippen LogP contribution in [0.1, 0.15) is 18.7 Å². The smallest absolute Gasteiger partial charge is 0.406 e. The van der Waals surface area contributed by atoms with E-state index in [0.717, 1.165) is 16.2 Å². The fraction of sp³-hybridized carbons (Fsp3) is 0.450. The molecule has 2 unspecified atom stereocenters. The van der Waals surface area contributed by atoms with E-state index < -0.39 is 61.0 Å². The number of aliphatic hydroxyl groups excluding tert-OH is 1. The highest BCUT2D eigenvalue weighted by Crippen LogP contribution is 2.70. The zero-order valence-corrected chi connectivity index (χ0v) is 18.3. The van der Waals surface area contributed by atoms with Crippen LogP contribution in [0.2, 0.25) is 0 Å². The van der Waals surface area contributed by atoms with Crippen LogP contribution in [0.5, 0.6) is 0 Å². The number of fused-ring (bicyclic) bond motifs is 1. The molecule has 1 aromatic heterocycles. The molecule has 12 nitrogen and oxygen atoms in total. The van der Waals surface area contributed by atoms with Gasteiger partial charge in [-0.2, -0.15) is 0 Å². The topological polar surface area (TPSA) is 158 Å². The highest BCUT2D eigenvalue weighted by molar-refractivity contribution is 7.51. The van der Waals surface area contributed by atoms with Crippen LogP contribution < -0.4 is 16.3 Å². The van der Waals surface area contributed by atoms with Gasteiger partial charge in [0.2, 0.25) is 0 Å². The van der Waals surface area contributed by atoms with E-state index in [1.165, 1.54) is 13.1 Å². The molecule has 0 radical (unpaired) electrons. The van der Waals surface area contributed by atoms with Gasteiger partial charge in [-0.1, -0.05) is 30.3 Å². The van der Waals surface area contributed by atoms with Gasteiger partial charge in [-0.05, 0) is 12.5 Å². The van der Waals surface area contributed by atoms with E-state index >= 15 is 0 Å². The maximum Gasteiger partial charge on any atom is 0.406 e. The van der Waals surface area contributed by atoms with Gasteiger partial charge in [0, 0.05) is 12.3 Å². The Bertz CT molecular complexity index is 1230. The summed E-state index contributed by atoms with van der Waals surface area (Å²) >= 11 is 0. The van der Waals surface area contributed by atoms with E-state index in [1.54, 1.807) is 0 Å². The number of rotatable bonds is 6. The SMILES string of the molecule is C[C@H](NP1(=O)OC[C@]23C(O1)[C@H]2O[C@@H](n1ccc(=O)[nH]c1=O)[C@@H]3O)C(=O)OCc1ccccc1. The number of aliphatic hydroxyl groups is 1. The van der Waals surface area contributed by atoms with Crippen molar-refractivity contribution in [1.29, 1.82) is 0 Å². The van der Waals surface area contributed by atoms with Crippen LogP contribution in [0.15, 0.2) is 52.2 Å². The van der Waals surface area contributed by atoms with Crippen molar-refractivity contribution in [3.63, 3.8) is 0 Å². The Balaban J connectivity index is 1.20. The lowest BCUT2D eigenvalue weighted by Crippen LogP contribution is -2.43. The number of aromatic amines is 1. The average Bonchev–Trinajstić information content (AvgIpc) is 3.31. The second kappa shape index (κ2) is 8.01. The number of ether oxygens (including phenoxy) is 2. The number of carbonyl (C=O) groups excluding carboxylic acids is 1. The first kappa shape index (κ1) is 22.2. The second-order valence-electron chi connectivity index (χ2n) is 8.26. The minimum atomic E-state index is -3.89. The zero-order chi connectivity index (χ0) is 23.4. The van der Waals surface area contributed by atoms with Crippen LogP contribution in [-0.2, 0) is 34.5 Å². The number of hydrogen-bond donors (Lipinski definition) is 3. The third-order valence-corrected chi connectivity index (χ3v) is 7.80. The van der Waals surface area contributed by atoms with Crippen LogP contribution in [-0.4, -0.2) is 51.6 Å². The molecule has 2 saturated heterocycles. The number of benzene rings is 1. The molecule has 13 heteroatoms. The fourth-order valence-electron chi connectivity index (χ4n) is 4.25. The summed E-state index contributed by atoms with van der Waals surface area (Å²) in [5.74, 6) is -0.633. The molecule has 1 spiro atoms. The first-order valence-corrected chi connectivity index (χ1v) is 11.8. The molecular weight excluding hydrogens is 457 g/mol. The summed E-state index contributed by atoms with van der Waals surface area (Å²) in [6, 6.07) is 9.28. The van der Waals surface area contributed by atoms with Crippen LogP contribution in [0, 0.1) is 5.41 Å². The summed E-state index contributed by atoms with van der Waals surface area (Å²) in [4.78, 5) is 37.7. The maximum absolute atomic E-state index is 13.0. The van der Waals surface area contributed by atoms with Gasteiger partial charge in [0.05, 0.1) is 12.0 Å². The quantitative estimate of drug-likeness (QED) is 0.382. The first-order chi connectivity index (χ1) is 15.7. The van der Waals surface area contributed by atoms with Crippen molar-refractivity contribution < 1.29 is 33.0 Å². The molecule has 5 rings (SSSR count). The van der Waals surface area contributed by atoms with Gasteiger partial charge in [-0.25, -0.2) is 14.4 Å². The summed E-state index contributed by atoms with van der Waals surface area (Å²) in [6.45, 7) is 1.37. The zero-order valence-electron chi connectivity index (χ0n) is 17.5. The number of hydrogen-bond acceptors (Lipinski definition) is 9. The largest absolute Gasteiger partial charge is 0.460 e. The first-order valence-electron chi connectivity index (χ1n) is 10.3. The Morgan fingerprint density at radius 3 is 2.82 bits per heavy atom. The van der Waals surface area contributed by atoms with Crippen molar-refractivity contribution in [3.8, 4) is 0 Å². The van der Waals surface area contributed by atoms with E-state index in [4.69, 9.17) is 18.5 Å². The number of aromatic nitrogens is 2. The predicted molar refractivity (Wildman–Crippen MR) is 111 cm³/mol. The Hall–Kier alpha value is -2.60. The molecule has 2 aliphatic heterocycles.